The number of aryl methyl sites for hydroxylation is 1. The van der Waals surface area contributed by atoms with E-state index in [-0.39, 0.29) is 5.91 Å². The summed E-state index contributed by atoms with van der Waals surface area (Å²) in [5, 5.41) is 0. The maximum atomic E-state index is 13.1. The minimum absolute atomic E-state index is 0.0519. The van der Waals surface area contributed by atoms with Crippen molar-refractivity contribution in [1.82, 2.24) is 4.90 Å². The van der Waals surface area contributed by atoms with E-state index in [0.717, 1.165) is 34.7 Å². The molecular weight excluding hydrogens is 384 g/mol. The predicted octanol–water partition coefficient (Wildman–Crippen LogP) is 4.58. The molecule has 150 valence electrons. The number of carbonyl (C=O) groups is 1. The van der Waals surface area contributed by atoms with Crippen LogP contribution >= 0.6 is 11.8 Å². The molecule has 29 heavy (non-hydrogen) atoms. The summed E-state index contributed by atoms with van der Waals surface area (Å²) >= 11 is 1.71. The van der Waals surface area contributed by atoms with Gasteiger partial charge in [0.25, 0.3) is 5.91 Å². The Hall–Kier alpha value is -2.15. The van der Waals surface area contributed by atoms with Crippen molar-refractivity contribution in [2.24, 2.45) is 4.99 Å². The van der Waals surface area contributed by atoms with Crippen LogP contribution in [0.5, 0.6) is 0 Å². The fourth-order valence-electron chi connectivity index (χ4n) is 4.22. The molecular formula is C23H24N2O3S. The maximum Gasteiger partial charge on any atom is 0.253 e. The second-order valence-electron chi connectivity index (χ2n) is 7.88. The number of likely N-dealkylation sites (tertiary alicyclic amines) is 1. The number of fused-ring (bicyclic) bond motifs is 2. The number of hydrogen-bond acceptors (Lipinski definition) is 5. The van der Waals surface area contributed by atoms with E-state index in [1.54, 1.807) is 11.8 Å². The van der Waals surface area contributed by atoms with E-state index in [1.165, 1.54) is 10.5 Å². The summed E-state index contributed by atoms with van der Waals surface area (Å²) in [4.78, 5) is 22.1. The first-order valence-electron chi connectivity index (χ1n) is 10.1. The smallest absolute Gasteiger partial charge is 0.253 e. The molecule has 5 rings (SSSR count). The monoisotopic (exact) mass is 408 g/mol. The fraction of sp³-hybridized carbons (Fsp3) is 0.391. The molecule has 0 aromatic heterocycles. The van der Waals surface area contributed by atoms with Gasteiger partial charge in [-0.2, -0.15) is 0 Å². The van der Waals surface area contributed by atoms with Crippen LogP contribution in [0.25, 0.3) is 0 Å². The van der Waals surface area contributed by atoms with Crippen LogP contribution in [0.4, 0.5) is 5.69 Å². The highest BCUT2D eigenvalue weighted by Crippen LogP contribution is 2.41. The first kappa shape index (κ1) is 18.9. The van der Waals surface area contributed by atoms with Crippen LogP contribution in [0.2, 0.25) is 0 Å². The standard InChI is InChI=1S/C23H24N2O3S/c1-15-3-5-20-18(13-15)16(2)24-19-14-17(4-6-21(19)29-20)22(26)25-9-7-23(8-10-25)27-11-12-28-23/h3-6,13-14H,7-12H2,1-2H3. The van der Waals surface area contributed by atoms with Crippen LogP contribution in [0.1, 0.15) is 41.3 Å². The maximum absolute atomic E-state index is 13.1. The molecule has 2 aromatic carbocycles. The Kier molecular flexibility index (Phi) is 4.73. The zero-order chi connectivity index (χ0) is 20.0. The van der Waals surface area contributed by atoms with Gasteiger partial charge in [-0.3, -0.25) is 9.79 Å². The van der Waals surface area contributed by atoms with Gasteiger partial charge in [0.2, 0.25) is 0 Å². The zero-order valence-electron chi connectivity index (χ0n) is 16.7. The van der Waals surface area contributed by atoms with Crippen LogP contribution in [0.15, 0.2) is 51.2 Å². The number of amides is 1. The molecule has 0 aliphatic carbocycles. The molecule has 3 heterocycles. The Balaban J connectivity index is 1.39. The van der Waals surface area contributed by atoms with Gasteiger partial charge >= 0.3 is 0 Å². The molecule has 0 atom stereocenters. The Bertz CT molecular complexity index is 1000. The molecule has 2 fully saturated rings. The summed E-state index contributed by atoms with van der Waals surface area (Å²) in [6.45, 7) is 6.73. The quantitative estimate of drug-likeness (QED) is 0.693. The topological polar surface area (TPSA) is 51.1 Å². The predicted molar refractivity (Wildman–Crippen MR) is 113 cm³/mol. The highest BCUT2D eigenvalue weighted by Gasteiger charge is 2.40. The van der Waals surface area contributed by atoms with E-state index < -0.39 is 5.79 Å². The van der Waals surface area contributed by atoms with Crippen molar-refractivity contribution in [2.75, 3.05) is 26.3 Å². The van der Waals surface area contributed by atoms with Crippen LogP contribution in [-0.2, 0) is 9.47 Å². The number of nitrogens with zero attached hydrogens (tertiary/aromatic N) is 2. The normalized spacial score (nSPS) is 20.1. The van der Waals surface area contributed by atoms with E-state index >= 15 is 0 Å². The molecule has 1 amide bonds. The summed E-state index contributed by atoms with van der Waals surface area (Å²) in [7, 11) is 0. The molecule has 0 radical (unpaired) electrons. The third-order valence-electron chi connectivity index (χ3n) is 5.86. The lowest BCUT2D eigenvalue weighted by Gasteiger charge is -2.37. The molecule has 0 saturated carbocycles. The third-order valence-corrected chi connectivity index (χ3v) is 7.01. The molecule has 0 N–H and O–H groups in total. The van der Waals surface area contributed by atoms with E-state index in [0.29, 0.717) is 31.9 Å². The summed E-state index contributed by atoms with van der Waals surface area (Å²) in [6, 6.07) is 12.3. The van der Waals surface area contributed by atoms with E-state index in [2.05, 4.69) is 25.1 Å². The van der Waals surface area contributed by atoms with Gasteiger partial charge in [-0.25, -0.2) is 0 Å². The van der Waals surface area contributed by atoms with E-state index in [1.807, 2.05) is 30.0 Å². The molecule has 1 spiro atoms. The zero-order valence-corrected chi connectivity index (χ0v) is 17.6. The average Bonchev–Trinajstić information content (AvgIpc) is 3.12. The minimum atomic E-state index is -0.466. The average molecular weight is 409 g/mol. The van der Waals surface area contributed by atoms with E-state index in [9.17, 15) is 4.79 Å². The van der Waals surface area contributed by atoms with Crippen molar-refractivity contribution in [3.63, 3.8) is 0 Å². The highest BCUT2D eigenvalue weighted by molar-refractivity contribution is 7.99. The molecule has 5 nitrogen and oxygen atoms in total. The van der Waals surface area contributed by atoms with E-state index in [4.69, 9.17) is 14.5 Å². The second kappa shape index (κ2) is 7.27. The summed E-state index contributed by atoms with van der Waals surface area (Å²) in [5.74, 6) is -0.414. The highest BCUT2D eigenvalue weighted by atomic mass is 32.2. The summed E-state index contributed by atoms with van der Waals surface area (Å²) in [6.07, 6.45) is 1.46. The number of ether oxygens (including phenoxy) is 2. The number of carbonyl (C=O) groups excluding carboxylic acids is 1. The summed E-state index contributed by atoms with van der Waals surface area (Å²) in [5.41, 5.74) is 4.92. The van der Waals surface area contributed by atoms with Crippen molar-refractivity contribution in [3.05, 3.63) is 53.1 Å². The Morgan fingerprint density at radius 1 is 1.03 bits per heavy atom. The Morgan fingerprint density at radius 3 is 2.52 bits per heavy atom. The molecule has 2 saturated heterocycles. The van der Waals surface area contributed by atoms with Crippen molar-refractivity contribution in [1.29, 1.82) is 0 Å². The van der Waals surface area contributed by atoms with Gasteiger partial charge in [0.15, 0.2) is 5.79 Å². The SMILES string of the molecule is CC1=Nc2cc(C(=O)N3CCC4(CC3)OCCO4)ccc2Sc2ccc(C)cc21. The van der Waals surface area contributed by atoms with Crippen molar-refractivity contribution < 1.29 is 14.3 Å². The fourth-order valence-corrected chi connectivity index (χ4v) is 5.25. The number of hydrogen-bond donors (Lipinski definition) is 0. The van der Waals surface area contributed by atoms with Crippen molar-refractivity contribution in [3.8, 4) is 0 Å². The number of rotatable bonds is 1. The Labute approximate surface area is 175 Å². The third kappa shape index (κ3) is 3.50. The molecule has 0 bridgehead atoms. The van der Waals surface area contributed by atoms with Gasteiger partial charge in [0, 0.05) is 52.6 Å². The van der Waals surface area contributed by atoms with Gasteiger partial charge in [-0.15, -0.1) is 0 Å². The van der Waals surface area contributed by atoms with Gasteiger partial charge in [0.1, 0.15) is 0 Å². The van der Waals surface area contributed by atoms with Crippen LogP contribution < -0.4 is 0 Å². The van der Waals surface area contributed by atoms with Crippen LogP contribution in [-0.4, -0.2) is 48.6 Å². The Morgan fingerprint density at radius 2 is 1.76 bits per heavy atom. The van der Waals surface area contributed by atoms with Crippen LogP contribution in [0.3, 0.4) is 0 Å². The second-order valence-corrected chi connectivity index (χ2v) is 8.96. The number of piperidine rings is 1. The molecule has 6 heteroatoms. The summed E-state index contributed by atoms with van der Waals surface area (Å²) < 4.78 is 11.5. The molecule has 0 unspecified atom stereocenters. The lowest BCUT2D eigenvalue weighted by Crippen LogP contribution is -2.47. The first-order valence-corrected chi connectivity index (χ1v) is 10.9. The van der Waals surface area contributed by atoms with Gasteiger partial charge in [-0.1, -0.05) is 23.4 Å². The van der Waals surface area contributed by atoms with Crippen molar-refractivity contribution in [2.45, 2.75) is 42.3 Å². The lowest BCUT2D eigenvalue weighted by atomic mass is 10.0. The van der Waals surface area contributed by atoms with Gasteiger partial charge < -0.3 is 14.4 Å². The molecule has 3 aliphatic heterocycles. The first-order chi connectivity index (χ1) is 14.0. The lowest BCUT2D eigenvalue weighted by molar-refractivity contribution is -0.181. The minimum Gasteiger partial charge on any atom is -0.347 e. The molecule has 2 aromatic rings. The van der Waals surface area contributed by atoms with Gasteiger partial charge in [-0.05, 0) is 44.2 Å². The van der Waals surface area contributed by atoms with Crippen molar-refractivity contribution >= 4 is 29.1 Å². The molecule has 3 aliphatic rings. The van der Waals surface area contributed by atoms with Crippen LogP contribution in [0, 0.1) is 6.92 Å². The van der Waals surface area contributed by atoms with Gasteiger partial charge in [0.05, 0.1) is 18.9 Å². The largest absolute Gasteiger partial charge is 0.347 e. The number of aliphatic imine (C=N–C) groups is 1. The number of benzene rings is 2.